The number of alkyl halides is 2. The third-order valence-corrected chi connectivity index (χ3v) is 1.76. The molecule has 0 amide bonds. The highest BCUT2D eigenvalue weighted by Gasteiger charge is 2.27. The van der Waals surface area contributed by atoms with Crippen LogP contribution in [0.25, 0.3) is 0 Å². The first-order valence-corrected chi connectivity index (χ1v) is 4.52. The first kappa shape index (κ1) is 10.9. The number of hydrogen-bond donors (Lipinski definition) is 2. The van der Waals surface area contributed by atoms with Gasteiger partial charge in [-0.05, 0) is 6.42 Å². The zero-order chi connectivity index (χ0) is 9.02. The molecule has 2 N–H and O–H groups in total. The molecule has 0 fully saturated rings. The van der Waals surface area contributed by atoms with Gasteiger partial charge in [0.15, 0.2) is 5.92 Å². The summed E-state index contributed by atoms with van der Waals surface area (Å²) >= 11 is 6.00. The van der Waals surface area contributed by atoms with Crippen LogP contribution in [0.3, 0.4) is 0 Å². The van der Waals surface area contributed by atoms with Crippen LogP contribution in [0, 0.1) is 5.92 Å². The van der Waals surface area contributed by atoms with Gasteiger partial charge in [0, 0.05) is 0 Å². The number of hydrogen-bond acceptors (Lipinski definition) is 2. The molecule has 0 rings (SSSR count). The van der Waals surface area contributed by atoms with Crippen molar-refractivity contribution in [1.82, 2.24) is 0 Å². The fraction of sp³-hybridized carbons (Fsp3) is 0.600. The summed E-state index contributed by atoms with van der Waals surface area (Å²) < 4.78 is -0.285. The monoisotopic (exact) mass is 288 g/mol. The predicted octanol–water partition coefficient (Wildman–Crippen LogP) is 1.28. The molecule has 0 atom stereocenters. The summed E-state index contributed by atoms with van der Waals surface area (Å²) in [4.78, 5) is 20.5. The average Bonchev–Trinajstić information content (AvgIpc) is 1.81. The Labute approximate surface area is 79.8 Å². The van der Waals surface area contributed by atoms with Crippen molar-refractivity contribution >= 4 is 43.8 Å². The van der Waals surface area contributed by atoms with Crippen molar-refractivity contribution in [2.45, 2.75) is 10.2 Å². The molecule has 4 nitrogen and oxygen atoms in total. The molecule has 0 spiro atoms. The molecule has 0 aromatic carbocycles. The van der Waals surface area contributed by atoms with Gasteiger partial charge in [-0.25, -0.2) is 0 Å². The lowest BCUT2D eigenvalue weighted by molar-refractivity contribution is -0.154. The first-order valence-electron chi connectivity index (χ1n) is 2.69. The van der Waals surface area contributed by atoms with E-state index >= 15 is 0 Å². The van der Waals surface area contributed by atoms with Gasteiger partial charge in [-0.15, -0.1) is 0 Å². The normalized spacial score (nSPS) is 10.5. The van der Waals surface area contributed by atoms with E-state index in [4.69, 9.17) is 10.2 Å². The van der Waals surface area contributed by atoms with Gasteiger partial charge in [-0.3, -0.25) is 9.59 Å². The lowest BCUT2D eigenvalue weighted by atomic mass is 10.1. The van der Waals surface area contributed by atoms with E-state index in [0.29, 0.717) is 0 Å². The van der Waals surface area contributed by atoms with Crippen molar-refractivity contribution in [1.29, 1.82) is 0 Å². The van der Waals surface area contributed by atoms with Crippen LogP contribution >= 0.6 is 31.9 Å². The minimum Gasteiger partial charge on any atom is -0.481 e. The number of halogens is 2. The molecule has 0 aliphatic heterocycles. The van der Waals surface area contributed by atoms with Crippen LogP contribution in [0.15, 0.2) is 0 Å². The fourth-order valence-electron chi connectivity index (χ4n) is 0.485. The molecule has 0 heterocycles. The fourth-order valence-corrected chi connectivity index (χ4v) is 1.23. The molecule has 6 heteroatoms. The van der Waals surface area contributed by atoms with E-state index in [0.717, 1.165) is 0 Å². The quantitative estimate of drug-likeness (QED) is 0.604. The maximum atomic E-state index is 10.3. The van der Waals surface area contributed by atoms with Crippen molar-refractivity contribution in [3.8, 4) is 0 Å². The van der Waals surface area contributed by atoms with E-state index in [1.807, 2.05) is 0 Å². The lowest BCUT2D eigenvalue weighted by Gasteiger charge is -2.06. The van der Waals surface area contributed by atoms with Gasteiger partial charge >= 0.3 is 11.9 Å². The van der Waals surface area contributed by atoms with Crippen LogP contribution < -0.4 is 0 Å². The lowest BCUT2D eigenvalue weighted by Crippen LogP contribution is -2.24. The molecule has 0 aromatic rings. The molecular weight excluding hydrogens is 284 g/mol. The number of aliphatic carboxylic acids is 2. The second-order valence-corrected chi connectivity index (χ2v) is 5.30. The molecule has 0 aliphatic carbocycles. The molecule has 0 unspecified atom stereocenters. The van der Waals surface area contributed by atoms with Gasteiger partial charge in [0.25, 0.3) is 0 Å². The summed E-state index contributed by atoms with van der Waals surface area (Å²) in [6.07, 6.45) is 0.0185. The molecule has 0 saturated heterocycles. The topological polar surface area (TPSA) is 74.6 Å². The first-order chi connectivity index (χ1) is 4.95. The number of carboxylic acids is 2. The van der Waals surface area contributed by atoms with Crippen molar-refractivity contribution in [2.24, 2.45) is 5.92 Å². The third kappa shape index (κ3) is 4.36. The van der Waals surface area contributed by atoms with Crippen molar-refractivity contribution in [3.05, 3.63) is 0 Å². The highest BCUT2D eigenvalue weighted by atomic mass is 79.9. The van der Waals surface area contributed by atoms with E-state index < -0.39 is 17.9 Å². The summed E-state index contributed by atoms with van der Waals surface area (Å²) in [5.74, 6) is -3.98. The number of rotatable bonds is 4. The second-order valence-electron chi connectivity index (χ2n) is 1.86. The Morgan fingerprint density at radius 3 is 1.64 bits per heavy atom. The number of carboxylic acid groups (broad SMARTS) is 2. The van der Waals surface area contributed by atoms with Gasteiger partial charge in [0.2, 0.25) is 0 Å². The van der Waals surface area contributed by atoms with Crippen LogP contribution in [0.4, 0.5) is 0 Å². The third-order valence-electron chi connectivity index (χ3n) is 1.01. The van der Waals surface area contributed by atoms with E-state index in [-0.39, 0.29) is 10.2 Å². The number of carbonyl (C=O) groups is 2. The maximum absolute atomic E-state index is 10.3. The average molecular weight is 290 g/mol. The molecule has 0 bridgehead atoms. The van der Waals surface area contributed by atoms with Crippen molar-refractivity contribution in [2.75, 3.05) is 0 Å². The van der Waals surface area contributed by atoms with Crippen molar-refractivity contribution in [3.63, 3.8) is 0 Å². The maximum Gasteiger partial charge on any atom is 0.317 e. The Kier molecular flexibility index (Phi) is 4.67. The smallest absolute Gasteiger partial charge is 0.317 e. The van der Waals surface area contributed by atoms with Gasteiger partial charge in [0.05, 0.1) is 3.74 Å². The van der Waals surface area contributed by atoms with E-state index in [1.165, 1.54) is 0 Å². The molecule has 0 radical (unpaired) electrons. The Morgan fingerprint density at radius 1 is 1.18 bits per heavy atom. The van der Waals surface area contributed by atoms with Crippen LogP contribution in [0.2, 0.25) is 0 Å². The highest BCUT2D eigenvalue weighted by Crippen LogP contribution is 2.19. The Hall–Kier alpha value is -0.100. The SMILES string of the molecule is O=C(O)C(CC(Br)Br)C(=O)O. The molecule has 64 valence electrons. The van der Waals surface area contributed by atoms with E-state index in [1.54, 1.807) is 0 Å². The zero-order valence-electron chi connectivity index (χ0n) is 5.33. The summed E-state index contributed by atoms with van der Waals surface area (Å²) in [7, 11) is 0. The molecule has 0 aliphatic rings. The van der Waals surface area contributed by atoms with E-state index in [2.05, 4.69) is 31.9 Å². The molecule has 11 heavy (non-hydrogen) atoms. The largest absolute Gasteiger partial charge is 0.481 e. The Bertz CT molecular complexity index is 154. The molecular formula is C5H6Br2O4. The molecule has 0 saturated carbocycles. The summed E-state index contributed by atoms with van der Waals surface area (Å²) in [5.41, 5.74) is 0. The highest BCUT2D eigenvalue weighted by molar-refractivity contribution is 9.24. The summed E-state index contributed by atoms with van der Waals surface area (Å²) in [6, 6.07) is 0. The molecule has 0 aromatic heterocycles. The van der Waals surface area contributed by atoms with Crippen LogP contribution in [0.1, 0.15) is 6.42 Å². The summed E-state index contributed by atoms with van der Waals surface area (Å²) in [6.45, 7) is 0. The zero-order valence-corrected chi connectivity index (χ0v) is 8.50. The van der Waals surface area contributed by atoms with E-state index in [9.17, 15) is 9.59 Å². The van der Waals surface area contributed by atoms with Crippen molar-refractivity contribution < 1.29 is 19.8 Å². The minimum atomic E-state index is -1.35. The second kappa shape index (κ2) is 4.71. The minimum absolute atomic E-state index is 0.0185. The van der Waals surface area contributed by atoms with Crippen LogP contribution in [-0.2, 0) is 9.59 Å². The van der Waals surface area contributed by atoms with Gasteiger partial charge in [-0.1, -0.05) is 31.9 Å². The van der Waals surface area contributed by atoms with Gasteiger partial charge in [0.1, 0.15) is 0 Å². The van der Waals surface area contributed by atoms with Crippen LogP contribution in [0.5, 0.6) is 0 Å². The predicted molar refractivity (Wildman–Crippen MR) is 45.0 cm³/mol. The van der Waals surface area contributed by atoms with Gasteiger partial charge in [-0.2, -0.15) is 0 Å². The van der Waals surface area contributed by atoms with Crippen LogP contribution in [-0.4, -0.2) is 25.9 Å². The Balaban J connectivity index is 4.12. The van der Waals surface area contributed by atoms with Gasteiger partial charge < -0.3 is 10.2 Å². The standard InChI is InChI=1S/C5H6Br2O4/c6-3(7)1-2(4(8)9)5(10)11/h2-3H,1H2,(H,8,9)(H,10,11). The Morgan fingerprint density at radius 2 is 1.55 bits per heavy atom. The summed E-state index contributed by atoms with van der Waals surface area (Å²) in [5, 5.41) is 16.7.